The highest BCUT2D eigenvalue weighted by atomic mass is 35.5. The molecule has 0 aromatic heterocycles. The molecule has 1 aliphatic heterocycles. The molecular formula is C11H12ClF2N. The van der Waals surface area contributed by atoms with Gasteiger partial charge in [-0.25, -0.2) is 8.78 Å². The average Bonchev–Trinajstić information content (AvgIpc) is 2.66. The van der Waals surface area contributed by atoms with Gasteiger partial charge in [-0.1, -0.05) is 11.6 Å². The van der Waals surface area contributed by atoms with Crippen LogP contribution >= 0.6 is 11.6 Å². The van der Waals surface area contributed by atoms with Crippen molar-refractivity contribution in [3.05, 3.63) is 34.4 Å². The highest BCUT2D eigenvalue weighted by molar-refractivity contribution is 6.30. The van der Waals surface area contributed by atoms with E-state index in [9.17, 15) is 8.78 Å². The van der Waals surface area contributed by atoms with Gasteiger partial charge < -0.3 is 5.32 Å². The van der Waals surface area contributed by atoms with E-state index in [-0.39, 0.29) is 11.1 Å². The molecule has 1 atom stereocenters. The molecule has 0 saturated carbocycles. The van der Waals surface area contributed by atoms with Gasteiger partial charge in [-0.15, -0.1) is 0 Å². The first-order chi connectivity index (χ1) is 7.16. The van der Waals surface area contributed by atoms with Crippen LogP contribution in [-0.2, 0) is 6.42 Å². The summed E-state index contributed by atoms with van der Waals surface area (Å²) in [5.74, 6) is -1.64. The molecule has 1 unspecified atom stereocenters. The van der Waals surface area contributed by atoms with Gasteiger partial charge in [0.15, 0.2) is 11.6 Å². The largest absolute Gasteiger partial charge is 0.314 e. The lowest BCUT2D eigenvalue weighted by Crippen LogP contribution is -2.24. The maximum atomic E-state index is 13.4. The van der Waals surface area contributed by atoms with Crippen LogP contribution in [0.4, 0.5) is 8.78 Å². The van der Waals surface area contributed by atoms with E-state index in [4.69, 9.17) is 11.6 Å². The van der Waals surface area contributed by atoms with Crippen molar-refractivity contribution in [1.29, 1.82) is 0 Å². The molecule has 15 heavy (non-hydrogen) atoms. The fourth-order valence-electron chi connectivity index (χ4n) is 1.95. The molecule has 1 aromatic carbocycles. The third-order valence-corrected chi connectivity index (χ3v) is 2.92. The van der Waals surface area contributed by atoms with Crippen molar-refractivity contribution in [2.24, 2.45) is 0 Å². The van der Waals surface area contributed by atoms with Gasteiger partial charge >= 0.3 is 0 Å². The van der Waals surface area contributed by atoms with E-state index in [1.807, 2.05) is 0 Å². The SMILES string of the molecule is Fc1cc(Cl)cc(CC2CCCN2)c1F. The Kier molecular flexibility index (Phi) is 3.22. The Labute approximate surface area is 92.4 Å². The van der Waals surface area contributed by atoms with Crippen LogP contribution in [0.25, 0.3) is 0 Å². The van der Waals surface area contributed by atoms with Crippen LogP contribution in [0.2, 0.25) is 5.02 Å². The highest BCUT2D eigenvalue weighted by Gasteiger charge is 2.18. The zero-order chi connectivity index (χ0) is 10.8. The van der Waals surface area contributed by atoms with Crippen LogP contribution in [-0.4, -0.2) is 12.6 Å². The van der Waals surface area contributed by atoms with Crippen LogP contribution in [0.1, 0.15) is 18.4 Å². The zero-order valence-electron chi connectivity index (χ0n) is 8.19. The van der Waals surface area contributed by atoms with E-state index in [0.29, 0.717) is 12.0 Å². The molecule has 1 nitrogen and oxygen atoms in total. The molecule has 2 rings (SSSR count). The van der Waals surface area contributed by atoms with Crippen molar-refractivity contribution in [2.45, 2.75) is 25.3 Å². The predicted octanol–water partition coefficient (Wildman–Crippen LogP) is 2.91. The summed E-state index contributed by atoms with van der Waals surface area (Å²) in [6.07, 6.45) is 2.60. The molecule has 1 saturated heterocycles. The van der Waals surface area contributed by atoms with E-state index in [2.05, 4.69) is 5.32 Å². The predicted molar refractivity (Wildman–Crippen MR) is 56.1 cm³/mol. The van der Waals surface area contributed by atoms with Gasteiger partial charge in [0.25, 0.3) is 0 Å². The van der Waals surface area contributed by atoms with Crippen molar-refractivity contribution in [1.82, 2.24) is 5.32 Å². The van der Waals surface area contributed by atoms with E-state index in [0.717, 1.165) is 25.5 Å². The van der Waals surface area contributed by atoms with Gasteiger partial charge in [0.2, 0.25) is 0 Å². The molecule has 1 aliphatic rings. The smallest absolute Gasteiger partial charge is 0.162 e. The zero-order valence-corrected chi connectivity index (χ0v) is 8.95. The van der Waals surface area contributed by atoms with Gasteiger partial charge in [-0.3, -0.25) is 0 Å². The Morgan fingerprint density at radius 1 is 1.40 bits per heavy atom. The fraction of sp³-hybridized carbons (Fsp3) is 0.455. The summed E-state index contributed by atoms with van der Waals surface area (Å²) in [4.78, 5) is 0. The number of hydrogen-bond acceptors (Lipinski definition) is 1. The Balaban J connectivity index is 2.19. The number of rotatable bonds is 2. The fourth-order valence-corrected chi connectivity index (χ4v) is 2.18. The van der Waals surface area contributed by atoms with E-state index < -0.39 is 11.6 Å². The maximum Gasteiger partial charge on any atom is 0.162 e. The second-order valence-corrected chi connectivity index (χ2v) is 4.29. The minimum Gasteiger partial charge on any atom is -0.314 e. The summed E-state index contributed by atoms with van der Waals surface area (Å²) in [5.41, 5.74) is 0.361. The Morgan fingerprint density at radius 2 is 2.20 bits per heavy atom. The normalized spacial score (nSPS) is 20.9. The van der Waals surface area contributed by atoms with Crippen LogP contribution in [0.5, 0.6) is 0 Å². The quantitative estimate of drug-likeness (QED) is 0.772. The molecule has 1 heterocycles. The molecule has 82 valence electrons. The Bertz CT molecular complexity index is 362. The third-order valence-electron chi connectivity index (χ3n) is 2.70. The minimum atomic E-state index is -0.865. The summed E-state index contributed by atoms with van der Waals surface area (Å²) in [5, 5.41) is 3.49. The number of nitrogens with one attached hydrogen (secondary N) is 1. The lowest BCUT2D eigenvalue weighted by molar-refractivity contribution is 0.488. The van der Waals surface area contributed by atoms with Crippen molar-refractivity contribution in [2.75, 3.05) is 6.54 Å². The molecule has 0 amide bonds. The second kappa shape index (κ2) is 4.45. The van der Waals surface area contributed by atoms with Gasteiger partial charge in [0.1, 0.15) is 0 Å². The molecule has 1 fully saturated rings. The van der Waals surface area contributed by atoms with Gasteiger partial charge in [-0.2, -0.15) is 0 Å². The molecule has 0 spiro atoms. The highest BCUT2D eigenvalue weighted by Crippen LogP contribution is 2.21. The first-order valence-electron chi connectivity index (χ1n) is 5.03. The summed E-state index contributed by atoms with van der Waals surface area (Å²) >= 11 is 5.68. The van der Waals surface area contributed by atoms with Crippen molar-refractivity contribution >= 4 is 11.6 Å². The monoisotopic (exact) mass is 231 g/mol. The summed E-state index contributed by atoms with van der Waals surface area (Å²) < 4.78 is 26.4. The first-order valence-corrected chi connectivity index (χ1v) is 5.41. The molecule has 1 aromatic rings. The third kappa shape index (κ3) is 2.47. The van der Waals surface area contributed by atoms with E-state index >= 15 is 0 Å². The van der Waals surface area contributed by atoms with Crippen molar-refractivity contribution < 1.29 is 8.78 Å². The Morgan fingerprint density at radius 3 is 2.87 bits per heavy atom. The topological polar surface area (TPSA) is 12.0 Å². The van der Waals surface area contributed by atoms with Crippen molar-refractivity contribution in [3.8, 4) is 0 Å². The molecular weight excluding hydrogens is 220 g/mol. The lowest BCUT2D eigenvalue weighted by Gasteiger charge is -2.11. The van der Waals surface area contributed by atoms with Crippen LogP contribution in [0, 0.1) is 11.6 Å². The van der Waals surface area contributed by atoms with Gasteiger partial charge in [0.05, 0.1) is 0 Å². The van der Waals surface area contributed by atoms with E-state index in [1.54, 1.807) is 0 Å². The number of hydrogen-bond donors (Lipinski definition) is 1. The Hall–Kier alpha value is -0.670. The summed E-state index contributed by atoms with van der Waals surface area (Å²) in [7, 11) is 0. The van der Waals surface area contributed by atoms with Gasteiger partial charge in [-0.05, 0) is 43.5 Å². The van der Waals surface area contributed by atoms with Gasteiger partial charge in [0, 0.05) is 11.1 Å². The number of halogens is 3. The van der Waals surface area contributed by atoms with Crippen LogP contribution in [0.3, 0.4) is 0 Å². The number of benzene rings is 1. The molecule has 0 radical (unpaired) electrons. The van der Waals surface area contributed by atoms with Crippen LogP contribution < -0.4 is 5.32 Å². The summed E-state index contributed by atoms with van der Waals surface area (Å²) in [6.45, 7) is 0.954. The molecule has 4 heteroatoms. The second-order valence-electron chi connectivity index (χ2n) is 3.86. The lowest BCUT2D eigenvalue weighted by atomic mass is 10.0. The first kappa shape index (κ1) is 10.8. The maximum absolute atomic E-state index is 13.4. The molecule has 0 aliphatic carbocycles. The van der Waals surface area contributed by atoms with E-state index in [1.165, 1.54) is 6.07 Å². The molecule has 0 bridgehead atoms. The molecule has 1 N–H and O–H groups in total. The standard InChI is InChI=1S/C11H12ClF2N/c12-8-4-7(11(14)10(13)6-8)5-9-2-1-3-15-9/h4,6,9,15H,1-3,5H2. The summed E-state index contributed by atoms with van der Waals surface area (Å²) in [6, 6.07) is 2.75. The van der Waals surface area contributed by atoms with Crippen LogP contribution in [0.15, 0.2) is 12.1 Å². The average molecular weight is 232 g/mol. The minimum absolute atomic E-state index is 0.248. The van der Waals surface area contributed by atoms with Crippen molar-refractivity contribution in [3.63, 3.8) is 0 Å².